The molecule has 2 N–H and O–H groups in total. The zero-order valence-corrected chi connectivity index (χ0v) is 15.5. The van der Waals surface area contributed by atoms with E-state index in [1.54, 1.807) is 10.7 Å². The molecule has 1 aliphatic rings. The number of anilines is 1. The van der Waals surface area contributed by atoms with Crippen molar-refractivity contribution in [2.45, 2.75) is 39.7 Å². The van der Waals surface area contributed by atoms with Gasteiger partial charge < -0.3 is 10.6 Å². The van der Waals surface area contributed by atoms with Gasteiger partial charge in [0.15, 0.2) is 5.82 Å². The maximum atomic E-state index is 12.5. The smallest absolute Gasteiger partial charge is 0.248 e. The van der Waals surface area contributed by atoms with Crippen molar-refractivity contribution < 1.29 is 9.59 Å². The fourth-order valence-electron chi connectivity index (χ4n) is 3.44. The molecule has 1 aromatic carbocycles. The lowest BCUT2D eigenvalue weighted by Crippen LogP contribution is -2.37. The SMILES string of the molecule is Cc1cc(NC(=O)C2CCC(=O)N2)n(-c2cc(C)c3cccc(C)c3n2)n1. The number of nitrogens with zero attached hydrogens (tertiary/aromatic N) is 3. The number of hydrogen-bond acceptors (Lipinski definition) is 4. The molecule has 7 heteroatoms. The van der Waals surface area contributed by atoms with E-state index in [1.807, 2.05) is 45.0 Å². The molecule has 3 heterocycles. The predicted molar refractivity (Wildman–Crippen MR) is 103 cm³/mol. The van der Waals surface area contributed by atoms with Gasteiger partial charge in [-0.15, -0.1) is 0 Å². The summed E-state index contributed by atoms with van der Waals surface area (Å²) >= 11 is 0. The Hall–Kier alpha value is -3.22. The molecule has 27 heavy (non-hydrogen) atoms. The van der Waals surface area contributed by atoms with Crippen molar-refractivity contribution >= 4 is 28.5 Å². The van der Waals surface area contributed by atoms with Crippen molar-refractivity contribution in [3.05, 3.63) is 47.2 Å². The lowest BCUT2D eigenvalue weighted by molar-refractivity contribution is -0.122. The lowest BCUT2D eigenvalue weighted by Gasteiger charge is -2.13. The van der Waals surface area contributed by atoms with Crippen molar-refractivity contribution in [1.82, 2.24) is 20.1 Å². The van der Waals surface area contributed by atoms with Gasteiger partial charge in [-0.2, -0.15) is 9.78 Å². The maximum Gasteiger partial charge on any atom is 0.248 e. The first-order valence-corrected chi connectivity index (χ1v) is 8.96. The van der Waals surface area contributed by atoms with Crippen LogP contribution in [0.1, 0.15) is 29.7 Å². The number of para-hydroxylation sites is 1. The van der Waals surface area contributed by atoms with Gasteiger partial charge in [0.1, 0.15) is 11.9 Å². The average molecular weight is 363 g/mol. The summed E-state index contributed by atoms with van der Waals surface area (Å²) in [4.78, 5) is 28.7. The number of benzene rings is 1. The molecule has 1 fully saturated rings. The number of rotatable bonds is 3. The van der Waals surface area contributed by atoms with Crippen LogP contribution >= 0.6 is 0 Å². The molecule has 7 nitrogen and oxygen atoms in total. The fourth-order valence-corrected chi connectivity index (χ4v) is 3.44. The predicted octanol–water partition coefficient (Wildman–Crippen LogP) is 2.56. The number of nitrogens with one attached hydrogen (secondary N) is 2. The second-order valence-corrected chi connectivity index (χ2v) is 7.00. The highest BCUT2D eigenvalue weighted by molar-refractivity contribution is 5.98. The third-order valence-electron chi connectivity index (χ3n) is 4.85. The maximum absolute atomic E-state index is 12.5. The summed E-state index contributed by atoms with van der Waals surface area (Å²) in [5.74, 6) is 0.851. The van der Waals surface area contributed by atoms with Crippen LogP contribution in [0.4, 0.5) is 5.82 Å². The molecule has 4 rings (SSSR count). The Morgan fingerprint density at radius 2 is 2.04 bits per heavy atom. The van der Waals surface area contributed by atoms with E-state index in [0.29, 0.717) is 24.5 Å². The quantitative estimate of drug-likeness (QED) is 0.748. The van der Waals surface area contributed by atoms with Crippen LogP contribution in [0, 0.1) is 20.8 Å². The first-order valence-electron chi connectivity index (χ1n) is 8.96. The summed E-state index contributed by atoms with van der Waals surface area (Å²) in [6.07, 6.45) is 0.880. The third kappa shape index (κ3) is 3.16. The van der Waals surface area contributed by atoms with Crippen LogP contribution < -0.4 is 10.6 Å². The number of fused-ring (bicyclic) bond motifs is 1. The van der Waals surface area contributed by atoms with Gasteiger partial charge in [-0.05, 0) is 44.4 Å². The van der Waals surface area contributed by atoms with Gasteiger partial charge in [0.2, 0.25) is 11.8 Å². The van der Waals surface area contributed by atoms with Crippen LogP contribution in [-0.4, -0.2) is 32.6 Å². The van der Waals surface area contributed by atoms with Crippen LogP contribution in [0.15, 0.2) is 30.3 Å². The van der Waals surface area contributed by atoms with Gasteiger partial charge in [-0.1, -0.05) is 18.2 Å². The molecule has 1 atom stereocenters. The Morgan fingerprint density at radius 3 is 2.78 bits per heavy atom. The largest absolute Gasteiger partial charge is 0.344 e. The Morgan fingerprint density at radius 1 is 1.22 bits per heavy atom. The van der Waals surface area contributed by atoms with Crippen molar-refractivity contribution in [3.63, 3.8) is 0 Å². The summed E-state index contributed by atoms with van der Waals surface area (Å²) in [6, 6.07) is 9.35. The molecule has 3 aromatic rings. The van der Waals surface area contributed by atoms with Crippen molar-refractivity contribution in [3.8, 4) is 5.82 Å². The highest BCUT2D eigenvalue weighted by Crippen LogP contribution is 2.24. The number of aryl methyl sites for hydroxylation is 3. The van der Waals surface area contributed by atoms with E-state index in [4.69, 9.17) is 4.98 Å². The van der Waals surface area contributed by atoms with Gasteiger partial charge in [0.25, 0.3) is 0 Å². The third-order valence-corrected chi connectivity index (χ3v) is 4.85. The first kappa shape index (κ1) is 17.2. The van der Waals surface area contributed by atoms with Crippen molar-refractivity contribution in [2.24, 2.45) is 0 Å². The minimum Gasteiger partial charge on any atom is -0.344 e. The molecule has 0 bridgehead atoms. The molecule has 0 spiro atoms. The summed E-state index contributed by atoms with van der Waals surface area (Å²) < 4.78 is 1.64. The minimum atomic E-state index is -0.505. The summed E-state index contributed by atoms with van der Waals surface area (Å²) in [6.45, 7) is 5.93. The number of amides is 2. The Balaban J connectivity index is 1.73. The number of carbonyl (C=O) groups is 2. The monoisotopic (exact) mass is 363 g/mol. The molecule has 2 aromatic heterocycles. The second kappa shape index (κ2) is 6.50. The van der Waals surface area contributed by atoms with Crippen LogP contribution in [0.2, 0.25) is 0 Å². The average Bonchev–Trinajstić information content (AvgIpc) is 3.21. The first-order chi connectivity index (χ1) is 12.9. The van der Waals surface area contributed by atoms with Crippen LogP contribution in [0.3, 0.4) is 0 Å². The number of aromatic nitrogens is 3. The Kier molecular flexibility index (Phi) is 4.14. The molecular weight excluding hydrogens is 342 g/mol. The number of pyridine rings is 1. The van der Waals surface area contributed by atoms with Gasteiger partial charge in [0.05, 0.1) is 11.2 Å². The molecular formula is C20H21N5O2. The lowest BCUT2D eigenvalue weighted by atomic mass is 10.1. The molecule has 0 radical (unpaired) electrons. The highest BCUT2D eigenvalue weighted by atomic mass is 16.2. The van der Waals surface area contributed by atoms with Crippen LogP contribution in [0.25, 0.3) is 16.7 Å². The van der Waals surface area contributed by atoms with E-state index in [0.717, 1.165) is 27.7 Å². The van der Waals surface area contributed by atoms with Gasteiger partial charge in [0, 0.05) is 17.9 Å². The molecule has 1 aliphatic heterocycles. The standard InChI is InChI=1S/C20H21N5O2/c1-11-5-4-6-14-12(2)9-16(22-19(11)14)25-17(10-13(3)24-25)23-20(27)15-7-8-18(26)21-15/h4-6,9-10,15H,7-8H2,1-3H3,(H,21,26)(H,23,27). The van der Waals surface area contributed by atoms with Gasteiger partial charge in [-0.3, -0.25) is 9.59 Å². The number of hydrogen-bond donors (Lipinski definition) is 2. The zero-order chi connectivity index (χ0) is 19.1. The highest BCUT2D eigenvalue weighted by Gasteiger charge is 2.28. The molecule has 0 aliphatic carbocycles. The molecule has 0 saturated carbocycles. The van der Waals surface area contributed by atoms with E-state index in [2.05, 4.69) is 15.7 Å². The normalized spacial score (nSPS) is 16.6. The number of carbonyl (C=O) groups excluding carboxylic acids is 2. The molecule has 2 amide bonds. The summed E-state index contributed by atoms with van der Waals surface area (Å²) in [5, 5.41) is 11.2. The van der Waals surface area contributed by atoms with Crippen LogP contribution in [-0.2, 0) is 9.59 Å². The van der Waals surface area contributed by atoms with Crippen molar-refractivity contribution in [1.29, 1.82) is 0 Å². The Labute approximate surface area is 156 Å². The van der Waals surface area contributed by atoms with Crippen molar-refractivity contribution in [2.75, 3.05) is 5.32 Å². The zero-order valence-electron chi connectivity index (χ0n) is 15.5. The van der Waals surface area contributed by atoms with Gasteiger partial charge >= 0.3 is 0 Å². The molecule has 138 valence electrons. The van der Waals surface area contributed by atoms with E-state index in [1.165, 1.54) is 0 Å². The fraction of sp³-hybridized carbons (Fsp3) is 0.300. The van der Waals surface area contributed by atoms with Gasteiger partial charge in [-0.25, -0.2) is 4.98 Å². The topological polar surface area (TPSA) is 88.9 Å². The van der Waals surface area contributed by atoms with E-state index >= 15 is 0 Å². The van der Waals surface area contributed by atoms with E-state index in [9.17, 15) is 9.59 Å². The molecule has 1 unspecified atom stereocenters. The summed E-state index contributed by atoms with van der Waals surface area (Å²) in [5.41, 5.74) is 3.86. The minimum absolute atomic E-state index is 0.0952. The molecule has 1 saturated heterocycles. The summed E-state index contributed by atoms with van der Waals surface area (Å²) in [7, 11) is 0. The van der Waals surface area contributed by atoms with E-state index < -0.39 is 6.04 Å². The second-order valence-electron chi connectivity index (χ2n) is 7.00. The Bertz CT molecular complexity index is 1070. The van der Waals surface area contributed by atoms with E-state index in [-0.39, 0.29) is 11.8 Å². The van der Waals surface area contributed by atoms with Crippen LogP contribution in [0.5, 0.6) is 0 Å².